The number of hydrogen-bond donors (Lipinski definition) is 13. The Balaban J connectivity index is 1.54. The number of primary amides is 1. The van der Waals surface area contributed by atoms with Crippen molar-refractivity contribution in [1.29, 1.82) is 0 Å². The van der Waals surface area contributed by atoms with Crippen LogP contribution in [0.3, 0.4) is 0 Å². The third kappa shape index (κ3) is 20.3. The summed E-state index contributed by atoms with van der Waals surface area (Å²) < 4.78 is 14.0. The van der Waals surface area contributed by atoms with Crippen LogP contribution in [0.25, 0.3) is 0 Å². The van der Waals surface area contributed by atoms with E-state index in [1.165, 1.54) is 41.7 Å². The standard InChI is InChI=1S/C48H66N11O15P/c1-27(2)17-30(24-75(73,74)26-54-44(68)36(20-31-22-51-25-53-31)58-47(71)38-9-6-16-59(38)48(72)33(49)14-15-39(50)61)42(66)55-34(18-28-7-4-3-5-8-28)45(69)56-35(19-29-10-12-32(60)13-11-29)46(70)57-37(21-40(62)63)43(67)52-23-41(64)65/h3-5,7-8,10-13,22,25,27,30,33-38,60H,6,9,14-21,23-24,26,49H2,1-2H3,(H2,50,61)(H,51,53)(H,52,67)(H,54,68)(H,55,66)(H,56,69)(H,57,70)(H,58,71)(H,62,63)(H,64,65)(H,73,74)/t30-,33+,34+,35+,36+,37+,38+/m1/s1. The number of H-pyrrole nitrogens is 1. The van der Waals surface area contributed by atoms with Crippen molar-refractivity contribution in [2.75, 3.05) is 25.5 Å². The third-order valence-corrected chi connectivity index (χ3v) is 13.6. The molecule has 0 saturated carbocycles. The SMILES string of the molecule is CC(C)C[C@H](CP(=O)(O)CNC(=O)[C@H](Cc1cnc[nH]1)NC(=O)[C@@H]1CCCN1C(=O)[C@@H](N)CCC(N)=O)C(=O)N[C@@H](Cc1ccccc1)C(=O)N[C@@H](Cc1ccc(O)cc1)C(=O)N[C@@H](CC(=O)O)C(=O)NCC(=O)O. The number of likely N-dealkylation sites (tertiary alicyclic amines) is 1. The Morgan fingerprint density at radius 3 is 1.93 bits per heavy atom. The summed E-state index contributed by atoms with van der Waals surface area (Å²) in [5.74, 6) is -11.4. The topological polar surface area (TPSA) is 425 Å². The summed E-state index contributed by atoms with van der Waals surface area (Å²) >= 11 is 0. The number of carboxylic acid groups (broad SMARTS) is 2. The second-order valence-corrected chi connectivity index (χ2v) is 21.0. The first kappa shape index (κ1) is 59.9. The first-order chi connectivity index (χ1) is 35.4. The lowest BCUT2D eigenvalue weighted by Crippen LogP contribution is -2.58. The average molecular weight is 1070 g/mol. The van der Waals surface area contributed by atoms with Crippen molar-refractivity contribution in [1.82, 2.24) is 46.8 Å². The number of carboxylic acids is 2. The summed E-state index contributed by atoms with van der Waals surface area (Å²) in [5.41, 5.74) is 12.6. The number of aliphatic carboxylic acids is 2. The number of hydrogen-bond acceptors (Lipinski definition) is 14. The van der Waals surface area contributed by atoms with Gasteiger partial charge < -0.3 is 73.5 Å². The number of nitrogens with zero attached hydrogens (tertiary/aromatic N) is 2. The van der Waals surface area contributed by atoms with Gasteiger partial charge in [-0.15, -0.1) is 0 Å². The molecule has 27 heteroatoms. The number of nitrogens with two attached hydrogens (primary N) is 2. The van der Waals surface area contributed by atoms with Crippen molar-refractivity contribution >= 4 is 66.6 Å². The fourth-order valence-corrected chi connectivity index (χ4v) is 9.77. The fraction of sp³-hybridized carbons (Fsp3) is 0.479. The largest absolute Gasteiger partial charge is 0.508 e. The van der Waals surface area contributed by atoms with Crippen LogP contribution in [0, 0.1) is 11.8 Å². The summed E-state index contributed by atoms with van der Waals surface area (Å²) in [6, 6.07) is 5.51. The van der Waals surface area contributed by atoms with E-state index < -0.39 is 134 Å². The van der Waals surface area contributed by atoms with E-state index in [4.69, 9.17) is 16.6 Å². The van der Waals surface area contributed by atoms with E-state index in [2.05, 4.69) is 36.6 Å². The van der Waals surface area contributed by atoms with E-state index in [1.807, 2.05) is 5.32 Å². The van der Waals surface area contributed by atoms with E-state index in [1.54, 1.807) is 44.2 Å². The van der Waals surface area contributed by atoms with Crippen molar-refractivity contribution in [2.45, 2.75) is 108 Å². The zero-order valence-corrected chi connectivity index (χ0v) is 42.3. The van der Waals surface area contributed by atoms with Gasteiger partial charge in [0.2, 0.25) is 54.6 Å². The minimum Gasteiger partial charge on any atom is -0.508 e. The number of phenolic OH excluding ortho intramolecular Hbond substituents is 1. The molecule has 0 radical (unpaired) electrons. The van der Waals surface area contributed by atoms with Gasteiger partial charge in [0.25, 0.3) is 0 Å². The number of rotatable bonds is 30. The van der Waals surface area contributed by atoms with E-state index in [0.29, 0.717) is 23.2 Å². The lowest BCUT2D eigenvalue weighted by molar-refractivity contribution is -0.142. The molecule has 8 atom stereocenters. The molecule has 0 bridgehead atoms. The molecule has 1 aliphatic heterocycles. The molecule has 4 rings (SSSR count). The smallest absolute Gasteiger partial charge is 0.322 e. The lowest BCUT2D eigenvalue weighted by atomic mass is 9.96. The Morgan fingerprint density at radius 1 is 0.773 bits per heavy atom. The second-order valence-electron chi connectivity index (χ2n) is 18.7. The minimum absolute atomic E-state index is 0.0199. The van der Waals surface area contributed by atoms with Crippen LogP contribution in [0.15, 0.2) is 67.1 Å². The van der Waals surface area contributed by atoms with Crippen molar-refractivity contribution < 1.29 is 72.7 Å². The number of amides is 8. The predicted octanol–water partition coefficient (Wildman–Crippen LogP) is -1.65. The van der Waals surface area contributed by atoms with Gasteiger partial charge in [-0.3, -0.25) is 52.5 Å². The van der Waals surface area contributed by atoms with Crippen LogP contribution in [-0.2, 0) is 71.8 Å². The van der Waals surface area contributed by atoms with Crippen molar-refractivity contribution in [2.24, 2.45) is 23.3 Å². The quantitative estimate of drug-likeness (QED) is 0.0333. The molecular weight excluding hydrogens is 1000 g/mol. The molecule has 1 aromatic heterocycles. The molecule has 1 aliphatic rings. The molecule has 2 heterocycles. The molecule has 0 aliphatic carbocycles. The number of carbonyl (C=O) groups is 10. The summed E-state index contributed by atoms with van der Waals surface area (Å²) in [7, 11) is -4.48. The zero-order chi connectivity index (χ0) is 55.4. The molecule has 1 saturated heterocycles. The van der Waals surface area contributed by atoms with Gasteiger partial charge in [0.05, 0.1) is 25.1 Å². The monoisotopic (exact) mass is 1070 g/mol. The van der Waals surface area contributed by atoms with Crippen molar-refractivity contribution in [3.05, 3.63) is 83.9 Å². The molecule has 1 fully saturated rings. The van der Waals surface area contributed by atoms with Gasteiger partial charge >= 0.3 is 11.9 Å². The van der Waals surface area contributed by atoms with Gasteiger partial charge in [-0.2, -0.15) is 0 Å². The van der Waals surface area contributed by atoms with Crippen LogP contribution >= 0.6 is 7.37 Å². The lowest BCUT2D eigenvalue weighted by Gasteiger charge is -2.28. The molecule has 408 valence electrons. The highest BCUT2D eigenvalue weighted by Gasteiger charge is 2.39. The normalized spacial score (nSPS) is 16.4. The third-order valence-electron chi connectivity index (χ3n) is 12.0. The van der Waals surface area contributed by atoms with Crippen LogP contribution in [0.4, 0.5) is 0 Å². The zero-order valence-electron chi connectivity index (χ0n) is 41.4. The van der Waals surface area contributed by atoms with Gasteiger partial charge in [-0.05, 0) is 54.9 Å². The summed E-state index contributed by atoms with van der Waals surface area (Å²) in [4.78, 5) is 150. The first-order valence-corrected chi connectivity index (χ1v) is 26.1. The first-order valence-electron chi connectivity index (χ1n) is 24.1. The number of aromatic amines is 1. The van der Waals surface area contributed by atoms with Crippen LogP contribution in [0.2, 0.25) is 0 Å². The van der Waals surface area contributed by atoms with E-state index in [0.717, 1.165) is 0 Å². The van der Waals surface area contributed by atoms with E-state index in [-0.39, 0.29) is 63.2 Å². The van der Waals surface area contributed by atoms with E-state index in [9.17, 15) is 67.6 Å². The second kappa shape index (κ2) is 28.7. The molecule has 26 nitrogen and oxygen atoms in total. The van der Waals surface area contributed by atoms with Crippen molar-refractivity contribution in [3.8, 4) is 5.75 Å². The summed E-state index contributed by atoms with van der Waals surface area (Å²) in [6.45, 7) is 2.79. The number of aromatic hydroxyl groups is 1. The Bertz CT molecular complexity index is 2530. The Kier molecular flexibility index (Phi) is 22.9. The van der Waals surface area contributed by atoms with E-state index >= 15 is 0 Å². The Morgan fingerprint density at radius 2 is 1.36 bits per heavy atom. The fourth-order valence-electron chi connectivity index (χ4n) is 8.24. The Hall–Kier alpha value is -7.70. The van der Waals surface area contributed by atoms with Crippen LogP contribution < -0.4 is 43.4 Å². The molecule has 2 aromatic carbocycles. The average Bonchev–Trinajstić information content (AvgIpc) is 4.07. The number of aromatic nitrogens is 2. The molecule has 15 N–H and O–H groups in total. The predicted molar refractivity (Wildman–Crippen MR) is 267 cm³/mol. The number of phenols is 1. The van der Waals surface area contributed by atoms with Gasteiger partial charge in [-0.1, -0.05) is 56.3 Å². The van der Waals surface area contributed by atoms with Gasteiger partial charge in [0, 0.05) is 56.2 Å². The molecule has 0 spiro atoms. The van der Waals surface area contributed by atoms with Gasteiger partial charge in [-0.25, -0.2) is 4.98 Å². The maximum Gasteiger partial charge on any atom is 0.322 e. The van der Waals surface area contributed by atoms with Gasteiger partial charge in [0.15, 0.2) is 0 Å². The molecule has 75 heavy (non-hydrogen) atoms. The summed E-state index contributed by atoms with van der Waals surface area (Å²) in [6.07, 6.45) is 0.114. The van der Waals surface area contributed by atoms with Crippen molar-refractivity contribution in [3.63, 3.8) is 0 Å². The number of benzene rings is 2. The number of carbonyl (C=O) groups excluding carboxylic acids is 8. The Labute approximate surface area is 431 Å². The number of nitrogens with one attached hydrogen (secondary N) is 7. The molecule has 8 amide bonds. The molecular formula is C48H66N11O15P. The molecule has 3 aromatic rings. The maximum atomic E-state index is 14.4. The highest BCUT2D eigenvalue weighted by molar-refractivity contribution is 7.58. The van der Waals surface area contributed by atoms with Crippen LogP contribution in [0.5, 0.6) is 5.75 Å². The maximum absolute atomic E-state index is 14.4. The van der Waals surface area contributed by atoms with Gasteiger partial charge in [0.1, 0.15) is 42.5 Å². The summed E-state index contributed by atoms with van der Waals surface area (Å²) in [5, 5.41) is 43.0. The number of imidazole rings is 1. The van der Waals surface area contributed by atoms with Crippen LogP contribution in [0.1, 0.15) is 69.2 Å². The highest BCUT2D eigenvalue weighted by atomic mass is 31.2. The highest BCUT2D eigenvalue weighted by Crippen LogP contribution is 2.42. The minimum atomic E-state index is -4.48. The molecule has 1 unspecified atom stereocenters. The van der Waals surface area contributed by atoms with Crippen LogP contribution in [-0.4, -0.2) is 156 Å².